The fourth-order valence-electron chi connectivity index (χ4n) is 3.06. The molecule has 4 rings (SSSR count). The van der Waals surface area contributed by atoms with Crippen molar-refractivity contribution in [3.8, 4) is 11.5 Å². The van der Waals surface area contributed by atoms with Gasteiger partial charge in [0, 0.05) is 35.7 Å². The van der Waals surface area contributed by atoms with Crippen LogP contribution in [0.15, 0.2) is 30.5 Å². The van der Waals surface area contributed by atoms with Crippen molar-refractivity contribution in [2.75, 3.05) is 44.0 Å². The molecule has 3 aromatic rings. The first-order valence-corrected chi connectivity index (χ1v) is 9.78. The molecule has 0 aliphatic carbocycles. The van der Waals surface area contributed by atoms with Gasteiger partial charge in [0.05, 0.1) is 11.9 Å². The molecule has 1 aliphatic rings. The number of anilines is 3. The van der Waals surface area contributed by atoms with Crippen molar-refractivity contribution in [3.63, 3.8) is 0 Å². The summed E-state index contributed by atoms with van der Waals surface area (Å²) >= 11 is 0. The molecular formula is C21H26N6O4. The first kappa shape index (κ1) is 17.2. The minimum absolute atomic E-state index is 0.103. The van der Waals surface area contributed by atoms with Crippen LogP contribution in [-0.4, -0.2) is 59.0 Å². The Morgan fingerprint density at radius 2 is 2.19 bits per heavy atom. The summed E-state index contributed by atoms with van der Waals surface area (Å²) in [4.78, 5) is 17.4. The van der Waals surface area contributed by atoms with Crippen LogP contribution in [0.25, 0.3) is 5.65 Å². The van der Waals surface area contributed by atoms with Gasteiger partial charge in [0.2, 0.25) is 0 Å². The average Bonchev–Trinajstić information content (AvgIpc) is 3.21. The number of aromatic nitrogens is 3. The van der Waals surface area contributed by atoms with E-state index >= 15 is 0 Å². The Hall–Kier alpha value is -3.53. The smallest absolute Gasteiger partial charge is 0.256 e. The number of aliphatic hydroxyl groups excluding tert-OH is 1. The van der Waals surface area contributed by atoms with Crippen LogP contribution < -0.4 is 25.4 Å². The number of aliphatic hydroxyl groups is 1. The number of ether oxygens (including phenoxy) is 2. The maximum Gasteiger partial charge on any atom is 0.256 e. The number of nitrogens with one attached hydrogen (secondary N) is 3. The third-order valence-corrected chi connectivity index (χ3v) is 4.83. The van der Waals surface area contributed by atoms with Gasteiger partial charge < -0.3 is 30.5 Å². The van der Waals surface area contributed by atoms with Crippen LogP contribution in [0.2, 0.25) is 0 Å². The lowest BCUT2D eigenvalue weighted by Gasteiger charge is -2.22. The first-order chi connectivity index (χ1) is 16.1. The fraction of sp³-hybridized carbons (Fsp3) is 0.381. The van der Waals surface area contributed by atoms with E-state index in [4.69, 9.17) is 13.6 Å². The predicted molar refractivity (Wildman–Crippen MR) is 116 cm³/mol. The Morgan fingerprint density at radius 1 is 1.35 bits per heavy atom. The molecule has 0 spiro atoms. The SMILES string of the molecule is [2H]C([2H])([2H])Nc1cc(Nc2cccc3c2OCCO3)nc2c(C(=O)NCC(C)(C)CO)cnn12. The van der Waals surface area contributed by atoms with Gasteiger partial charge in [0.25, 0.3) is 5.91 Å². The van der Waals surface area contributed by atoms with E-state index in [1.165, 1.54) is 16.8 Å². The Balaban J connectivity index is 1.73. The Kier molecular flexibility index (Phi) is 4.60. The largest absolute Gasteiger partial charge is 0.486 e. The molecule has 1 amide bonds. The van der Waals surface area contributed by atoms with Gasteiger partial charge in [-0.25, -0.2) is 4.98 Å². The quantitative estimate of drug-likeness (QED) is 0.450. The van der Waals surface area contributed by atoms with E-state index in [9.17, 15) is 9.90 Å². The lowest BCUT2D eigenvalue weighted by atomic mass is 9.95. The summed E-state index contributed by atoms with van der Waals surface area (Å²) in [5.74, 6) is 1.03. The van der Waals surface area contributed by atoms with Crippen LogP contribution in [0.4, 0.5) is 17.3 Å². The van der Waals surface area contributed by atoms with Crippen LogP contribution in [-0.2, 0) is 0 Å². The third-order valence-electron chi connectivity index (χ3n) is 4.83. The van der Waals surface area contributed by atoms with Gasteiger partial charge >= 0.3 is 0 Å². The molecule has 31 heavy (non-hydrogen) atoms. The minimum Gasteiger partial charge on any atom is -0.486 e. The van der Waals surface area contributed by atoms with Gasteiger partial charge in [-0.15, -0.1) is 0 Å². The number of carbonyl (C=O) groups excluding carboxylic acids is 1. The van der Waals surface area contributed by atoms with Crippen LogP contribution in [0, 0.1) is 5.41 Å². The zero-order chi connectivity index (χ0) is 24.5. The molecular weight excluding hydrogens is 400 g/mol. The van der Waals surface area contributed by atoms with E-state index in [1.807, 2.05) is 13.8 Å². The van der Waals surface area contributed by atoms with Gasteiger partial charge in [-0.1, -0.05) is 19.9 Å². The molecule has 10 heteroatoms. The summed E-state index contributed by atoms with van der Waals surface area (Å²) < 4.78 is 35.4. The van der Waals surface area contributed by atoms with Gasteiger partial charge in [0.15, 0.2) is 17.1 Å². The molecule has 1 aliphatic heterocycles. The number of fused-ring (bicyclic) bond motifs is 2. The third kappa shape index (κ3) is 4.19. The zero-order valence-electron chi connectivity index (χ0n) is 20.2. The second-order valence-corrected chi connectivity index (χ2v) is 7.91. The molecule has 2 aromatic heterocycles. The molecule has 0 saturated heterocycles. The second-order valence-electron chi connectivity index (χ2n) is 7.91. The van der Waals surface area contributed by atoms with Crippen molar-refractivity contribution >= 4 is 28.9 Å². The molecule has 1 aromatic carbocycles. The summed E-state index contributed by atoms with van der Waals surface area (Å²) in [6.07, 6.45) is 1.32. The number of benzene rings is 1. The molecule has 164 valence electrons. The maximum absolute atomic E-state index is 12.9. The standard InChI is InChI=1S/C21H26N6O4/c1-21(2,12-28)11-23-20(29)13-10-24-27-17(22-3)9-16(26-19(13)27)25-14-5-4-6-15-18(14)31-8-7-30-15/h4-6,9-10,22,28H,7-8,11-12H2,1-3H3,(H,23,29)(H,25,26)/i3D3. The lowest BCUT2D eigenvalue weighted by Crippen LogP contribution is -2.36. The summed E-state index contributed by atoms with van der Waals surface area (Å²) in [7, 11) is 0. The number of hydrogen-bond acceptors (Lipinski definition) is 8. The number of rotatable bonds is 7. The summed E-state index contributed by atoms with van der Waals surface area (Å²) in [6, 6.07) is 6.82. The number of carbonyl (C=O) groups is 1. The van der Waals surface area contributed by atoms with Crippen LogP contribution >= 0.6 is 0 Å². The van der Waals surface area contributed by atoms with Crippen molar-refractivity contribution in [3.05, 3.63) is 36.0 Å². The predicted octanol–water partition coefficient (Wildman–Crippen LogP) is 2.03. The monoisotopic (exact) mass is 429 g/mol. The van der Waals surface area contributed by atoms with Crippen molar-refractivity contribution in [2.24, 2.45) is 5.41 Å². The van der Waals surface area contributed by atoms with Crippen LogP contribution in [0.1, 0.15) is 28.3 Å². The Labute approximate surface area is 183 Å². The Bertz CT molecular complexity index is 1210. The van der Waals surface area contributed by atoms with E-state index in [-0.39, 0.29) is 36.0 Å². The fourth-order valence-corrected chi connectivity index (χ4v) is 3.06. The van der Waals surface area contributed by atoms with Crippen LogP contribution in [0.3, 0.4) is 0 Å². The number of amides is 1. The van der Waals surface area contributed by atoms with E-state index < -0.39 is 18.3 Å². The summed E-state index contributed by atoms with van der Waals surface area (Å²) in [5, 5.41) is 21.9. The van der Waals surface area contributed by atoms with Crippen molar-refractivity contribution in [2.45, 2.75) is 13.8 Å². The van der Waals surface area contributed by atoms with Crippen molar-refractivity contribution in [1.29, 1.82) is 0 Å². The van der Waals surface area contributed by atoms with Gasteiger partial charge in [-0.05, 0) is 12.1 Å². The highest BCUT2D eigenvalue weighted by Gasteiger charge is 2.22. The topological polar surface area (TPSA) is 122 Å². The molecule has 0 atom stereocenters. The van der Waals surface area contributed by atoms with E-state index in [1.54, 1.807) is 18.2 Å². The normalized spacial score (nSPS) is 15.0. The van der Waals surface area contributed by atoms with E-state index in [0.29, 0.717) is 30.4 Å². The Morgan fingerprint density at radius 3 is 3.00 bits per heavy atom. The number of hydrogen-bond donors (Lipinski definition) is 4. The van der Waals surface area contributed by atoms with E-state index in [0.717, 1.165) is 0 Å². The van der Waals surface area contributed by atoms with Crippen molar-refractivity contribution in [1.82, 2.24) is 19.9 Å². The highest BCUT2D eigenvalue weighted by molar-refractivity contribution is 6.00. The van der Waals surface area contributed by atoms with Crippen molar-refractivity contribution < 1.29 is 23.5 Å². The molecule has 10 nitrogen and oxygen atoms in total. The molecule has 3 heterocycles. The number of nitrogens with zero attached hydrogens (tertiary/aromatic N) is 3. The maximum atomic E-state index is 12.9. The zero-order valence-corrected chi connectivity index (χ0v) is 17.2. The van der Waals surface area contributed by atoms with Gasteiger partial charge in [-0.3, -0.25) is 4.79 Å². The molecule has 0 unspecified atom stereocenters. The minimum atomic E-state index is -2.51. The van der Waals surface area contributed by atoms with E-state index in [2.05, 4.69) is 26.0 Å². The number of para-hydroxylation sites is 1. The second kappa shape index (κ2) is 8.31. The first-order valence-electron chi connectivity index (χ1n) is 11.3. The average molecular weight is 429 g/mol. The molecule has 0 fully saturated rings. The van der Waals surface area contributed by atoms with Gasteiger partial charge in [0.1, 0.15) is 30.4 Å². The molecule has 4 N–H and O–H groups in total. The molecule has 0 saturated carbocycles. The highest BCUT2D eigenvalue weighted by atomic mass is 16.6. The highest BCUT2D eigenvalue weighted by Crippen LogP contribution is 2.38. The van der Waals surface area contributed by atoms with Gasteiger partial charge in [-0.2, -0.15) is 9.61 Å². The lowest BCUT2D eigenvalue weighted by molar-refractivity contribution is 0.0912. The summed E-state index contributed by atoms with van der Waals surface area (Å²) in [6.45, 7) is 2.08. The summed E-state index contributed by atoms with van der Waals surface area (Å²) in [5.41, 5.74) is 0.365. The van der Waals surface area contributed by atoms with Crippen LogP contribution in [0.5, 0.6) is 11.5 Å². The molecule has 0 radical (unpaired) electrons. The molecule has 0 bridgehead atoms.